The minimum Gasteiger partial charge on any atom is -0.495 e. The zero-order valence-electron chi connectivity index (χ0n) is 17.3. The van der Waals surface area contributed by atoms with Gasteiger partial charge in [0.05, 0.1) is 32.3 Å². The molecular formula is C23H32ClN2O2+. The van der Waals surface area contributed by atoms with Crippen molar-refractivity contribution in [2.24, 2.45) is 0 Å². The molecule has 2 N–H and O–H groups in total. The molecule has 0 unspecified atom stereocenters. The largest absolute Gasteiger partial charge is 0.495 e. The molecule has 5 heteroatoms. The van der Waals surface area contributed by atoms with E-state index in [1.54, 1.807) is 23.1 Å². The molecular weight excluding hydrogens is 372 g/mol. The number of carbonyl (C=O) groups is 1. The lowest BCUT2D eigenvalue weighted by Crippen LogP contribution is -3.10. The molecule has 0 bridgehead atoms. The van der Waals surface area contributed by atoms with E-state index in [4.69, 9.17) is 16.3 Å². The average molecular weight is 404 g/mol. The Labute approximate surface area is 173 Å². The van der Waals surface area contributed by atoms with Crippen LogP contribution in [0.3, 0.4) is 0 Å². The number of benzene rings is 2. The number of ether oxygens (including phenoxy) is 1. The molecule has 1 amide bonds. The van der Waals surface area contributed by atoms with E-state index in [-0.39, 0.29) is 5.91 Å². The standard InChI is InChI=1S/C15H14ClNO2.C8H17N/c1-10-3-6-12(7-4-10)17-15(18)11-5-8-14(19-2)13(16)9-11;1-9(2)8-6-4-3-5-7-8/h3-9H,1-2H3,(H,17,18);8H,3-7H2,1-2H3/p+1. The summed E-state index contributed by atoms with van der Waals surface area (Å²) in [5.41, 5.74) is 2.39. The molecule has 28 heavy (non-hydrogen) atoms. The summed E-state index contributed by atoms with van der Waals surface area (Å²) >= 11 is 5.99. The van der Waals surface area contributed by atoms with E-state index in [9.17, 15) is 4.79 Å². The highest BCUT2D eigenvalue weighted by Gasteiger charge is 2.17. The molecule has 2 aromatic rings. The number of hydrogen-bond donors (Lipinski definition) is 2. The van der Waals surface area contributed by atoms with Crippen molar-refractivity contribution in [2.45, 2.75) is 45.1 Å². The van der Waals surface area contributed by atoms with Crippen LogP contribution in [-0.4, -0.2) is 33.2 Å². The molecule has 152 valence electrons. The summed E-state index contributed by atoms with van der Waals surface area (Å²) in [5.74, 6) is 0.349. The molecule has 0 atom stereocenters. The van der Waals surface area contributed by atoms with Gasteiger partial charge in [0.15, 0.2) is 0 Å². The molecule has 0 aliphatic heterocycles. The molecule has 1 saturated carbocycles. The van der Waals surface area contributed by atoms with Gasteiger partial charge in [0.25, 0.3) is 5.91 Å². The van der Waals surface area contributed by atoms with E-state index in [0.29, 0.717) is 16.3 Å². The number of halogens is 1. The maximum absolute atomic E-state index is 12.0. The Bertz CT molecular complexity index is 754. The van der Waals surface area contributed by atoms with E-state index < -0.39 is 0 Å². The lowest BCUT2D eigenvalue weighted by molar-refractivity contribution is -0.887. The third-order valence-corrected chi connectivity index (χ3v) is 5.44. The summed E-state index contributed by atoms with van der Waals surface area (Å²) in [7, 11) is 6.08. The fourth-order valence-electron chi connectivity index (χ4n) is 3.33. The third-order valence-electron chi connectivity index (χ3n) is 5.15. The number of methoxy groups -OCH3 is 1. The summed E-state index contributed by atoms with van der Waals surface area (Å²) < 4.78 is 5.05. The summed E-state index contributed by atoms with van der Waals surface area (Å²) in [5, 5.41) is 3.23. The smallest absolute Gasteiger partial charge is 0.255 e. The van der Waals surface area contributed by atoms with Gasteiger partial charge in [-0.3, -0.25) is 4.79 Å². The third kappa shape index (κ3) is 6.84. The summed E-state index contributed by atoms with van der Waals surface area (Å²) in [6.07, 6.45) is 7.33. The van der Waals surface area contributed by atoms with Crippen molar-refractivity contribution in [2.75, 3.05) is 26.5 Å². The molecule has 1 aliphatic carbocycles. The second-order valence-electron chi connectivity index (χ2n) is 7.58. The molecule has 1 aliphatic rings. The van der Waals surface area contributed by atoms with Gasteiger partial charge in [-0.2, -0.15) is 0 Å². The van der Waals surface area contributed by atoms with Gasteiger partial charge in [-0.05, 0) is 62.9 Å². The zero-order chi connectivity index (χ0) is 20.5. The van der Waals surface area contributed by atoms with Crippen LogP contribution in [0.15, 0.2) is 42.5 Å². The van der Waals surface area contributed by atoms with E-state index >= 15 is 0 Å². The maximum atomic E-state index is 12.0. The van der Waals surface area contributed by atoms with Crippen LogP contribution in [0.25, 0.3) is 0 Å². The van der Waals surface area contributed by atoms with E-state index in [0.717, 1.165) is 17.3 Å². The van der Waals surface area contributed by atoms with Crippen molar-refractivity contribution in [3.63, 3.8) is 0 Å². The Hall–Kier alpha value is -2.04. The first-order valence-electron chi connectivity index (χ1n) is 9.92. The van der Waals surface area contributed by atoms with E-state index in [1.165, 1.54) is 39.2 Å². The molecule has 0 radical (unpaired) electrons. The lowest BCUT2D eigenvalue weighted by atomic mass is 9.95. The maximum Gasteiger partial charge on any atom is 0.255 e. The van der Waals surface area contributed by atoms with Crippen molar-refractivity contribution in [3.8, 4) is 5.75 Å². The Morgan fingerprint density at radius 3 is 2.21 bits per heavy atom. The highest BCUT2D eigenvalue weighted by Crippen LogP contribution is 2.25. The predicted octanol–water partition coefficient (Wildman–Crippen LogP) is 4.37. The number of rotatable bonds is 4. The Morgan fingerprint density at radius 1 is 1.07 bits per heavy atom. The number of nitrogens with one attached hydrogen (secondary N) is 2. The van der Waals surface area contributed by atoms with E-state index in [1.807, 2.05) is 31.2 Å². The van der Waals surface area contributed by atoms with Crippen LogP contribution >= 0.6 is 11.6 Å². The first kappa shape index (κ1) is 22.3. The number of amides is 1. The van der Waals surface area contributed by atoms with Crippen molar-refractivity contribution in [3.05, 3.63) is 58.6 Å². The fourth-order valence-corrected chi connectivity index (χ4v) is 3.59. The molecule has 0 heterocycles. The normalized spacial score (nSPS) is 14.2. The molecule has 1 fully saturated rings. The highest BCUT2D eigenvalue weighted by molar-refractivity contribution is 6.32. The number of hydrogen-bond acceptors (Lipinski definition) is 2. The highest BCUT2D eigenvalue weighted by atomic mass is 35.5. The Balaban J connectivity index is 0.000000261. The number of quaternary nitrogens is 1. The summed E-state index contributed by atoms with van der Waals surface area (Å²) in [6.45, 7) is 1.99. The minimum absolute atomic E-state index is 0.201. The van der Waals surface area contributed by atoms with Gasteiger partial charge in [0, 0.05) is 11.3 Å². The van der Waals surface area contributed by atoms with Crippen LogP contribution in [0.2, 0.25) is 5.02 Å². The topological polar surface area (TPSA) is 42.8 Å². The van der Waals surface area contributed by atoms with Crippen LogP contribution in [-0.2, 0) is 0 Å². The minimum atomic E-state index is -0.201. The van der Waals surface area contributed by atoms with Gasteiger partial charge in [-0.25, -0.2) is 0 Å². The van der Waals surface area contributed by atoms with Gasteiger partial charge >= 0.3 is 0 Å². The lowest BCUT2D eigenvalue weighted by Gasteiger charge is -2.24. The number of carbonyl (C=O) groups excluding carboxylic acids is 1. The molecule has 0 aromatic heterocycles. The first-order valence-corrected chi connectivity index (χ1v) is 10.3. The molecule has 3 rings (SSSR count). The average Bonchev–Trinajstić information content (AvgIpc) is 2.70. The van der Waals surface area contributed by atoms with Crippen molar-refractivity contribution in [1.29, 1.82) is 0 Å². The van der Waals surface area contributed by atoms with Gasteiger partial charge < -0.3 is 15.0 Å². The van der Waals surface area contributed by atoms with Gasteiger partial charge in [-0.1, -0.05) is 35.7 Å². The van der Waals surface area contributed by atoms with E-state index in [2.05, 4.69) is 19.4 Å². The Kier molecular flexibility index (Phi) is 8.81. The zero-order valence-corrected chi connectivity index (χ0v) is 18.1. The monoisotopic (exact) mass is 403 g/mol. The number of aryl methyl sites for hydroxylation is 1. The van der Waals surface area contributed by atoms with Gasteiger partial charge in [0.2, 0.25) is 0 Å². The molecule has 0 saturated heterocycles. The molecule has 4 nitrogen and oxygen atoms in total. The summed E-state index contributed by atoms with van der Waals surface area (Å²) in [6, 6.07) is 13.5. The fraction of sp³-hybridized carbons (Fsp3) is 0.435. The second kappa shape index (κ2) is 11.1. The van der Waals surface area contributed by atoms with Crippen LogP contribution in [0, 0.1) is 6.92 Å². The molecule has 0 spiro atoms. The van der Waals surface area contributed by atoms with Crippen molar-refractivity contribution in [1.82, 2.24) is 0 Å². The van der Waals surface area contributed by atoms with Crippen LogP contribution < -0.4 is 15.0 Å². The van der Waals surface area contributed by atoms with Crippen LogP contribution in [0.1, 0.15) is 48.0 Å². The van der Waals surface area contributed by atoms with Crippen LogP contribution in [0.4, 0.5) is 5.69 Å². The second-order valence-corrected chi connectivity index (χ2v) is 7.99. The van der Waals surface area contributed by atoms with Crippen molar-refractivity contribution >= 4 is 23.2 Å². The number of anilines is 1. The Morgan fingerprint density at radius 2 is 1.71 bits per heavy atom. The SMILES string of the molecule is COc1ccc(C(=O)Nc2ccc(C)cc2)cc1Cl.C[NH+](C)C1CCCCC1. The first-order chi connectivity index (χ1) is 13.4. The van der Waals surface area contributed by atoms with Gasteiger partial charge in [0.1, 0.15) is 5.75 Å². The summed E-state index contributed by atoms with van der Waals surface area (Å²) in [4.78, 5) is 13.7. The molecule has 2 aromatic carbocycles. The predicted molar refractivity (Wildman–Crippen MR) is 117 cm³/mol. The van der Waals surface area contributed by atoms with Crippen molar-refractivity contribution < 1.29 is 14.4 Å². The van der Waals surface area contributed by atoms with Crippen LogP contribution in [0.5, 0.6) is 5.75 Å². The van der Waals surface area contributed by atoms with Gasteiger partial charge in [-0.15, -0.1) is 0 Å². The quantitative estimate of drug-likeness (QED) is 0.795.